The molecule has 1 rings (SSSR count). The van der Waals surface area contributed by atoms with E-state index in [2.05, 4.69) is 29.4 Å². The van der Waals surface area contributed by atoms with Gasteiger partial charge in [0.15, 0.2) is 0 Å². The van der Waals surface area contributed by atoms with Crippen LogP contribution in [-0.4, -0.2) is 49.6 Å². The van der Waals surface area contributed by atoms with Crippen LogP contribution in [-0.2, 0) is 4.79 Å². The third-order valence-corrected chi connectivity index (χ3v) is 3.88. The number of piperidine rings is 1. The van der Waals surface area contributed by atoms with E-state index in [1.54, 1.807) is 0 Å². The highest BCUT2D eigenvalue weighted by molar-refractivity contribution is 5.81. The van der Waals surface area contributed by atoms with Crippen molar-refractivity contribution >= 4 is 5.91 Å². The van der Waals surface area contributed by atoms with Crippen molar-refractivity contribution in [3.63, 3.8) is 0 Å². The van der Waals surface area contributed by atoms with E-state index in [0.717, 1.165) is 45.6 Å². The maximum Gasteiger partial charge on any atom is 0.237 e. The summed E-state index contributed by atoms with van der Waals surface area (Å²) in [5, 5.41) is 6.47. The van der Waals surface area contributed by atoms with Crippen LogP contribution in [0.15, 0.2) is 0 Å². The Bertz CT molecular complexity index is 252. The van der Waals surface area contributed by atoms with E-state index in [-0.39, 0.29) is 11.9 Å². The van der Waals surface area contributed by atoms with Crippen molar-refractivity contribution in [3.05, 3.63) is 0 Å². The first-order valence-corrected chi connectivity index (χ1v) is 7.91. The van der Waals surface area contributed by atoms with Crippen LogP contribution >= 0.6 is 0 Å². The number of rotatable bonds is 8. The van der Waals surface area contributed by atoms with Gasteiger partial charge in [-0.3, -0.25) is 9.69 Å². The Morgan fingerprint density at radius 2 is 2.21 bits per heavy atom. The molecule has 2 unspecified atom stereocenters. The molecule has 0 aromatic heterocycles. The van der Waals surface area contributed by atoms with Crippen LogP contribution in [0.5, 0.6) is 0 Å². The summed E-state index contributed by atoms with van der Waals surface area (Å²) in [4.78, 5) is 14.4. The van der Waals surface area contributed by atoms with Gasteiger partial charge in [0, 0.05) is 13.1 Å². The molecule has 0 aromatic rings. The lowest BCUT2D eigenvalue weighted by atomic mass is 9.98. The minimum atomic E-state index is -0.00609. The number of hydrogen-bond donors (Lipinski definition) is 2. The van der Waals surface area contributed by atoms with E-state index in [1.165, 1.54) is 12.8 Å². The molecule has 2 atom stereocenters. The maximum absolute atomic E-state index is 12.1. The smallest absolute Gasteiger partial charge is 0.237 e. The zero-order chi connectivity index (χ0) is 14.1. The van der Waals surface area contributed by atoms with Crippen LogP contribution < -0.4 is 10.6 Å². The molecular weight excluding hydrogens is 238 g/mol. The van der Waals surface area contributed by atoms with Crippen LogP contribution in [0.2, 0.25) is 0 Å². The molecule has 1 aliphatic rings. The molecule has 2 N–H and O–H groups in total. The Hall–Kier alpha value is -0.610. The van der Waals surface area contributed by atoms with Crippen molar-refractivity contribution < 1.29 is 4.79 Å². The molecule has 1 saturated heterocycles. The van der Waals surface area contributed by atoms with E-state index in [9.17, 15) is 4.79 Å². The molecule has 4 heteroatoms. The van der Waals surface area contributed by atoms with Gasteiger partial charge in [-0.25, -0.2) is 0 Å². The second-order valence-electron chi connectivity index (χ2n) is 5.67. The van der Waals surface area contributed by atoms with Crippen LogP contribution in [0.1, 0.15) is 46.5 Å². The average molecular weight is 269 g/mol. The summed E-state index contributed by atoms with van der Waals surface area (Å²) in [6.45, 7) is 11.4. The lowest BCUT2D eigenvalue weighted by molar-refractivity contribution is -0.126. The summed E-state index contributed by atoms with van der Waals surface area (Å²) in [5.74, 6) is 0.876. The Kier molecular flexibility index (Phi) is 8.07. The predicted octanol–water partition coefficient (Wildman–Crippen LogP) is 1.61. The Balaban J connectivity index is 2.46. The first kappa shape index (κ1) is 16.4. The minimum Gasteiger partial charge on any atom is -0.355 e. The fourth-order valence-corrected chi connectivity index (χ4v) is 2.70. The topological polar surface area (TPSA) is 44.4 Å². The van der Waals surface area contributed by atoms with E-state index in [4.69, 9.17) is 0 Å². The van der Waals surface area contributed by atoms with Crippen LogP contribution in [0.25, 0.3) is 0 Å². The van der Waals surface area contributed by atoms with Crippen molar-refractivity contribution in [2.24, 2.45) is 5.92 Å². The van der Waals surface area contributed by atoms with Gasteiger partial charge < -0.3 is 10.6 Å². The number of carbonyl (C=O) groups excluding carboxylic acids is 1. The molecule has 19 heavy (non-hydrogen) atoms. The normalized spacial score (nSPS) is 21.4. The van der Waals surface area contributed by atoms with Gasteiger partial charge in [0.05, 0.1) is 6.04 Å². The van der Waals surface area contributed by atoms with E-state index < -0.39 is 0 Å². The van der Waals surface area contributed by atoms with Crippen molar-refractivity contribution in [2.45, 2.75) is 52.5 Å². The minimum absolute atomic E-state index is 0.00609. The molecular formula is C15H31N3O. The Labute approximate surface area is 118 Å². The van der Waals surface area contributed by atoms with Gasteiger partial charge in [-0.05, 0) is 58.2 Å². The molecule has 0 bridgehead atoms. The van der Waals surface area contributed by atoms with Crippen LogP contribution in [0, 0.1) is 5.92 Å². The highest BCUT2D eigenvalue weighted by atomic mass is 16.2. The van der Waals surface area contributed by atoms with Gasteiger partial charge in [0.1, 0.15) is 0 Å². The van der Waals surface area contributed by atoms with Gasteiger partial charge in [0.25, 0.3) is 0 Å². The van der Waals surface area contributed by atoms with Gasteiger partial charge >= 0.3 is 0 Å². The van der Waals surface area contributed by atoms with Crippen molar-refractivity contribution in [1.82, 2.24) is 15.5 Å². The number of nitrogens with zero attached hydrogens (tertiary/aromatic N) is 1. The predicted molar refractivity (Wildman–Crippen MR) is 80.2 cm³/mol. The molecule has 1 fully saturated rings. The lowest BCUT2D eigenvalue weighted by Gasteiger charge is -2.33. The highest BCUT2D eigenvalue weighted by Gasteiger charge is 2.24. The molecule has 0 aromatic carbocycles. The van der Waals surface area contributed by atoms with E-state index in [0.29, 0.717) is 5.92 Å². The Morgan fingerprint density at radius 1 is 1.42 bits per heavy atom. The van der Waals surface area contributed by atoms with Gasteiger partial charge in [-0.1, -0.05) is 13.8 Å². The molecule has 112 valence electrons. The molecule has 1 aliphatic heterocycles. The quantitative estimate of drug-likeness (QED) is 0.704. The van der Waals surface area contributed by atoms with Gasteiger partial charge in [-0.2, -0.15) is 0 Å². The molecule has 0 aliphatic carbocycles. The van der Waals surface area contributed by atoms with E-state index in [1.807, 2.05) is 6.92 Å². The average Bonchev–Trinajstić information content (AvgIpc) is 2.44. The molecule has 0 radical (unpaired) electrons. The third kappa shape index (κ3) is 5.91. The molecule has 0 spiro atoms. The third-order valence-electron chi connectivity index (χ3n) is 3.88. The number of amides is 1. The first-order chi connectivity index (χ1) is 9.19. The standard InChI is InChI=1S/C15H31N3O/c1-4-8-17-15(19)13(3)18(10-5-2)12-14-7-6-9-16-11-14/h13-14,16H,4-12H2,1-3H3,(H,17,19). The summed E-state index contributed by atoms with van der Waals surface area (Å²) in [6.07, 6.45) is 4.65. The number of nitrogens with one attached hydrogen (secondary N) is 2. The number of hydrogen-bond acceptors (Lipinski definition) is 3. The van der Waals surface area contributed by atoms with Crippen molar-refractivity contribution in [2.75, 3.05) is 32.7 Å². The summed E-state index contributed by atoms with van der Waals surface area (Å²) in [5.41, 5.74) is 0. The largest absolute Gasteiger partial charge is 0.355 e. The zero-order valence-electron chi connectivity index (χ0n) is 12.9. The first-order valence-electron chi connectivity index (χ1n) is 7.91. The van der Waals surface area contributed by atoms with Crippen LogP contribution in [0.3, 0.4) is 0 Å². The molecule has 4 nitrogen and oxygen atoms in total. The monoisotopic (exact) mass is 269 g/mol. The molecule has 0 saturated carbocycles. The van der Waals surface area contributed by atoms with Gasteiger partial charge in [0.2, 0.25) is 5.91 Å². The molecule has 1 heterocycles. The SMILES string of the molecule is CCCNC(=O)C(C)N(CCC)CC1CCCNC1. The summed E-state index contributed by atoms with van der Waals surface area (Å²) >= 11 is 0. The highest BCUT2D eigenvalue weighted by Crippen LogP contribution is 2.14. The Morgan fingerprint density at radius 3 is 2.79 bits per heavy atom. The maximum atomic E-state index is 12.1. The fraction of sp³-hybridized carbons (Fsp3) is 0.933. The zero-order valence-corrected chi connectivity index (χ0v) is 12.9. The van der Waals surface area contributed by atoms with Crippen molar-refractivity contribution in [1.29, 1.82) is 0 Å². The van der Waals surface area contributed by atoms with Crippen LogP contribution in [0.4, 0.5) is 0 Å². The van der Waals surface area contributed by atoms with Crippen molar-refractivity contribution in [3.8, 4) is 0 Å². The summed E-state index contributed by atoms with van der Waals surface area (Å²) in [7, 11) is 0. The van der Waals surface area contributed by atoms with Gasteiger partial charge in [-0.15, -0.1) is 0 Å². The fourth-order valence-electron chi connectivity index (χ4n) is 2.70. The number of carbonyl (C=O) groups is 1. The molecule has 1 amide bonds. The second kappa shape index (κ2) is 9.32. The van der Waals surface area contributed by atoms with E-state index >= 15 is 0 Å². The summed E-state index contributed by atoms with van der Waals surface area (Å²) in [6, 6.07) is -0.00609. The second-order valence-corrected chi connectivity index (χ2v) is 5.67. The lowest BCUT2D eigenvalue weighted by Crippen LogP contribution is -2.49. The summed E-state index contributed by atoms with van der Waals surface area (Å²) < 4.78 is 0.